The molecule has 8 heteroatoms. The van der Waals surface area contributed by atoms with Gasteiger partial charge in [-0.3, -0.25) is 9.59 Å². The third-order valence-corrected chi connectivity index (χ3v) is 5.77. The fourth-order valence-electron chi connectivity index (χ4n) is 3.40. The van der Waals surface area contributed by atoms with E-state index < -0.39 is 0 Å². The van der Waals surface area contributed by atoms with E-state index in [-0.39, 0.29) is 18.4 Å². The van der Waals surface area contributed by atoms with Crippen LogP contribution in [-0.4, -0.2) is 27.9 Å². The highest BCUT2D eigenvalue weighted by Crippen LogP contribution is 2.18. The number of carbonyl (C=O) groups is 2. The first kappa shape index (κ1) is 22.0. The molecule has 3 aromatic carbocycles. The van der Waals surface area contributed by atoms with Gasteiger partial charge in [0.1, 0.15) is 12.4 Å². The van der Waals surface area contributed by atoms with Gasteiger partial charge in [-0.05, 0) is 48.5 Å². The van der Waals surface area contributed by atoms with E-state index in [1.54, 1.807) is 24.3 Å². The smallest absolute Gasteiger partial charge is 0.252 e. The predicted molar refractivity (Wildman–Crippen MR) is 130 cm³/mol. The topological polar surface area (TPSA) is 76.0 Å². The average molecular weight is 512 g/mol. The quantitative estimate of drug-likeness (QED) is 0.364. The van der Waals surface area contributed by atoms with Crippen molar-refractivity contribution in [3.8, 4) is 0 Å². The van der Waals surface area contributed by atoms with Gasteiger partial charge in [0.2, 0.25) is 5.91 Å². The normalized spacial score (nSPS) is 10.8. The molecule has 6 nitrogen and oxygen atoms in total. The number of hydrogen-bond donors (Lipinski definition) is 2. The van der Waals surface area contributed by atoms with Crippen molar-refractivity contribution in [2.24, 2.45) is 0 Å². The molecule has 2 N–H and O–H groups in total. The Labute approximate surface area is 198 Å². The number of carbonyl (C=O) groups excluding carboxylic acids is 2. The lowest BCUT2D eigenvalue weighted by molar-refractivity contribution is -0.116. The highest BCUT2D eigenvalue weighted by Gasteiger charge is 2.15. The van der Waals surface area contributed by atoms with Crippen LogP contribution < -0.4 is 10.6 Å². The molecule has 0 saturated heterocycles. The number of imidazole rings is 1. The molecule has 1 aromatic heterocycles. The molecule has 0 atom stereocenters. The number of halogens is 2. The van der Waals surface area contributed by atoms with E-state index >= 15 is 0 Å². The van der Waals surface area contributed by atoms with Crippen molar-refractivity contribution in [1.29, 1.82) is 0 Å². The molecule has 162 valence electrons. The summed E-state index contributed by atoms with van der Waals surface area (Å²) in [5.41, 5.74) is 2.81. The van der Waals surface area contributed by atoms with Gasteiger partial charge in [0.25, 0.3) is 5.91 Å². The summed E-state index contributed by atoms with van der Waals surface area (Å²) in [7, 11) is 0. The lowest BCUT2D eigenvalue weighted by Crippen LogP contribution is -2.27. The van der Waals surface area contributed by atoms with Crippen LogP contribution in [0.15, 0.2) is 77.3 Å². The van der Waals surface area contributed by atoms with E-state index in [4.69, 9.17) is 11.6 Å². The molecule has 32 heavy (non-hydrogen) atoms. The number of nitrogens with zero attached hydrogens (tertiary/aromatic N) is 2. The Kier molecular flexibility index (Phi) is 6.87. The van der Waals surface area contributed by atoms with Crippen LogP contribution in [0.3, 0.4) is 0 Å². The largest absolute Gasteiger partial charge is 0.352 e. The monoisotopic (exact) mass is 510 g/mol. The summed E-state index contributed by atoms with van der Waals surface area (Å²) in [5.74, 6) is 0.319. The van der Waals surface area contributed by atoms with Crippen LogP contribution in [0.5, 0.6) is 0 Å². The van der Waals surface area contributed by atoms with E-state index in [1.165, 1.54) is 0 Å². The fraction of sp³-hybridized carbons (Fsp3) is 0.125. The third-order valence-electron chi connectivity index (χ3n) is 4.92. The maximum Gasteiger partial charge on any atom is 0.252 e. The van der Waals surface area contributed by atoms with Gasteiger partial charge in [-0.2, -0.15) is 0 Å². The molecule has 0 fully saturated rings. The number of fused-ring (bicyclic) bond motifs is 1. The SMILES string of the molecule is O=C(Cn1c(CCNC(=O)c2ccccc2Cl)nc2ccccc21)Nc1ccc(Br)cc1. The maximum atomic E-state index is 12.7. The number of para-hydroxylation sites is 2. The Morgan fingerprint density at radius 3 is 2.47 bits per heavy atom. The fourth-order valence-corrected chi connectivity index (χ4v) is 3.88. The summed E-state index contributed by atoms with van der Waals surface area (Å²) in [4.78, 5) is 29.8. The molecule has 0 unspecified atom stereocenters. The number of amides is 2. The van der Waals surface area contributed by atoms with Crippen LogP contribution in [0.2, 0.25) is 5.02 Å². The van der Waals surface area contributed by atoms with E-state index in [0.717, 1.165) is 27.0 Å². The molecule has 0 aliphatic heterocycles. The van der Waals surface area contributed by atoms with Crippen molar-refractivity contribution in [2.75, 3.05) is 11.9 Å². The second-order valence-electron chi connectivity index (χ2n) is 7.14. The molecule has 4 rings (SSSR count). The lowest BCUT2D eigenvalue weighted by Gasteiger charge is -2.11. The second kappa shape index (κ2) is 9.97. The second-order valence-corrected chi connectivity index (χ2v) is 8.47. The van der Waals surface area contributed by atoms with E-state index in [9.17, 15) is 9.59 Å². The number of benzene rings is 3. The minimum atomic E-state index is -0.244. The minimum Gasteiger partial charge on any atom is -0.352 e. The molecule has 0 aliphatic carbocycles. The lowest BCUT2D eigenvalue weighted by atomic mass is 10.2. The van der Waals surface area contributed by atoms with Gasteiger partial charge in [0.05, 0.1) is 21.6 Å². The third kappa shape index (κ3) is 5.18. The Morgan fingerprint density at radius 2 is 1.69 bits per heavy atom. The Morgan fingerprint density at radius 1 is 0.969 bits per heavy atom. The van der Waals surface area contributed by atoms with Crippen molar-refractivity contribution in [3.05, 3.63) is 93.7 Å². The maximum absolute atomic E-state index is 12.7. The van der Waals surface area contributed by atoms with Crippen LogP contribution in [0, 0.1) is 0 Å². The van der Waals surface area contributed by atoms with Crippen molar-refractivity contribution in [1.82, 2.24) is 14.9 Å². The molecule has 0 radical (unpaired) electrons. The van der Waals surface area contributed by atoms with Crippen LogP contribution in [0.1, 0.15) is 16.2 Å². The van der Waals surface area contributed by atoms with Crippen molar-refractivity contribution < 1.29 is 9.59 Å². The van der Waals surface area contributed by atoms with Crippen molar-refractivity contribution >= 4 is 56.1 Å². The van der Waals surface area contributed by atoms with Crippen molar-refractivity contribution in [3.63, 3.8) is 0 Å². The van der Waals surface area contributed by atoms with E-state index in [2.05, 4.69) is 31.5 Å². The van der Waals surface area contributed by atoms with Gasteiger partial charge in [-0.25, -0.2) is 4.98 Å². The van der Waals surface area contributed by atoms with Gasteiger partial charge >= 0.3 is 0 Å². The van der Waals surface area contributed by atoms with Gasteiger partial charge in [0.15, 0.2) is 0 Å². The Hall–Kier alpha value is -3.16. The average Bonchev–Trinajstić information content (AvgIpc) is 3.13. The zero-order chi connectivity index (χ0) is 22.5. The number of rotatable bonds is 7. The number of hydrogen-bond acceptors (Lipinski definition) is 3. The Bertz CT molecular complexity index is 1270. The zero-order valence-electron chi connectivity index (χ0n) is 17.0. The summed E-state index contributed by atoms with van der Waals surface area (Å²) < 4.78 is 2.82. The van der Waals surface area contributed by atoms with E-state index in [1.807, 2.05) is 53.1 Å². The van der Waals surface area contributed by atoms with Crippen LogP contribution in [0.4, 0.5) is 5.69 Å². The standard InChI is InChI=1S/C24H20BrClN4O2/c25-16-9-11-17(12-10-16)28-23(31)15-30-21-8-4-3-7-20(21)29-22(30)13-14-27-24(32)18-5-1-2-6-19(18)26/h1-12H,13-15H2,(H,27,32)(H,28,31). The number of nitrogens with one attached hydrogen (secondary N) is 2. The van der Waals surface area contributed by atoms with Crippen LogP contribution in [0.25, 0.3) is 11.0 Å². The molecule has 0 bridgehead atoms. The summed E-state index contributed by atoms with van der Waals surface area (Å²) >= 11 is 9.49. The summed E-state index contributed by atoms with van der Waals surface area (Å²) in [6.07, 6.45) is 0.469. The number of anilines is 1. The first-order valence-corrected chi connectivity index (χ1v) is 11.2. The van der Waals surface area contributed by atoms with Crippen LogP contribution in [-0.2, 0) is 17.8 Å². The molecule has 0 spiro atoms. The zero-order valence-corrected chi connectivity index (χ0v) is 19.4. The molecule has 0 aliphatic rings. The molecule has 1 heterocycles. The highest BCUT2D eigenvalue weighted by atomic mass is 79.9. The van der Waals surface area contributed by atoms with Gasteiger partial charge in [0, 0.05) is 23.1 Å². The minimum absolute atomic E-state index is 0.115. The molecular formula is C24H20BrClN4O2. The Balaban J connectivity index is 1.47. The molecule has 2 amide bonds. The van der Waals surface area contributed by atoms with Crippen LogP contribution >= 0.6 is 27.5 Å². The number of aromatic nitrogens is 2. The summed E-state index contributed by atoms with van der Waals surface area (Å²) in [6, 6.07) is 22.0. The van der Waals surface area contributed by atoms with Gasteiger partial charge in [-0.15, -0.1) is 0 Å². The molecule has 0 saturated carbocycles. The highest BCUT2D eigenvalue weighted by molar-refractivity contribution is 9.10. The van der Waals surface area contributed by atoms with Gasteiger partial charge < -0.3 is 15.2 Å². The predicted octanol–water partition coefficient (Wildman–Crippen LogP) is 5.06. The summed E-state index contributed by atoms with van der Waals surface area (Å²) in [6.45, 7) is 0.478. The van der Waals surface area contributed by atoms with E-state index in [0.29, 0.717) is 23.6 Å². The van der Waals surface area contributed by atoms with Gasteiger partial charge in [-0.1, -0.05) is 51.8 Å². The first-order valence-electron chi connectivity index (χ1n) is 10.0. The summed E-state index contributed by atoms with van der Waals surface area (Å²) in [5, 5.41) is 6.19. The molecule has 4 aromatic rings. The first-order chi connectivity index (χ1) is 15.5. The van der Waals surface area contributed by atoms with Crippen molar-refractivity contribution in [2.45, 2.75) is 13.0 Å². The molecular weight excluding hydrogens is 492 g/mol.